The molecule has 0 spiro atoms. The van der Waals surface area contributed by atoms with Gasteiger partial charge in [0.1, 0.15) is 23.7 Å². The van der Waals surface area contributed by atoms with Crippen LogP contribution in [-0.4, -0.2) is 81.3 Å². The van der Waals surface area contributed by atoms with Gasteiger partial charge in [0.2, 0.25) is 0 Å². The fraction of sp³-hybridized carbons (Fsp3) is 0.375. The Hall–Kier alpha value is -4.28. The number of hydrogen-bond acceptors (Lipinski definition) is 8. The van der Waals surface area contributed by atoms with Gasteiger partial charge in [-0.3, -0.25) is 15.1 Å². The Morgan fingerprint density at radius 1 is 0.952 bits per heavy atom. The summed E-state index contributed by atoms with van der Waals surface area (Å²) in [6.07, 6.45) is 5.87. The van der Waals surface area contributed by atoms with Gasteiger partial charge in [-0.1, -0.05) is 30.3 Å². The smallest absolute Gasteiger partial charge is 0.272 e. The van der Waals surface area contributed by atoms with Crippen LogP contribution in [0, 0.1) is 5.41 Å². The second-order valence-corrected chi connectivity index (χ2v) is 11.5. The molecule has 1 aliphatic carbocycles. The first kappa shape index (κ1) is 27.9. The van der Waals surface area contributed by atoms with Crippen LogP contribution in [0.25, 0.3) is 10.9 Å². The molecule has 42 heavy (non-hydrogen) atoms. The summed E-state index contributed by atoms with van der Waals surface area (Å²) in [7, 11) is 4.08. The third kappa shape index (κ3) is 5.73. The highest BCUT2D eigenvalue weighted by molar-refractivity contribution is 6.16. The fourth-order valence-electron chi connectivity index (χ4n) is 6.29. The van der Waals surface area contributed by atoms with Crippen LogP contribution in [0.15, 0.2) is 60.9 Å². The molecule has 4 aromatic rings. The summed E-state index contributed by atoms with van der Waals surface area (Å²) in [5.74, 6) is 0.687. The molecule has 5 N–H and O–H groups in total. The SMILES string of the molecule is CN1CCN(C2CCC(Nc3ncnc(N)c3C(=N)c3ccc(NC(=O)c4cc5ccccc5n4C)cc3)CC2)CC1. The number of para-hydroxylation sites is 1. The summed E-state index contributed by atoms with van der Waals surface area (Å²) in [5.41, 5.74) is 9.95. The Bertz CT molecular complexity index is 1580. The van der Waals surface area contributed by atoms with E-state index in [2.05, 4.69) is 37.4 Å². The summed E-state index contributed by atoms with van der Waals surface area (Å²) >= 11 is 0. The largest absolute Gasteiger partial charge is 0.383 e. The number of nitrogens with one attached hydrogen (secondary N) is 3. The number of nitrogen functional groups attached to an aromatic ring is 1. The van der Waals surface area contributed by atoms with Crippen LogP contribution in [0.3, 0.4) is 0 Å². The molecule has 1 saturated carbocycles. The van der Waals surface area contributed by atoms with Crippen LogP contribution >= 0.6 is 0 Å². The minimum Gasteiger partial charge on any atom is -0.383 e. The Balaban J connectivity index is 1.11. The molecule has 2 aliphatic rings. The van der Waals surface area contributed by atoms with E-state index in [1.54, 1.807) is 12.1 Å². The number of nitrogens with zero attached hydrogens (tertiary/aromatic N) is 5. The zero-order valence-electron chi connectivity index (χ0n) is 24.3. The van der Waals surface area contributed by atoms with E-state index < -0.39 is 0 Å². The van der Waals surface area contributed by atoms with Crippen molar-refractivity contribution in [1.29, 1.82) is 5.41 Å². The number of likely N-dealkylation sites (N-methyl/N-ethyl adjacent to an activating group) is 1. The molecule has 0 atom stereocenters. The second-order valence-electron chi connectivity index (χ2n) is 11.5. The van der Waals surface area contributed by atoms with Crippen LogP contribution in [-0.2, 0) is 7.05 Å². The van der Waals surface area contributed by atoms with Gasteiger partial charge in [-0.25, -0.2) is 9.97 Å². The number of amides is 1. The van der Waals surface area contributed by atoms with Crippen LogP contribution in [0.4, 0.5) is 17.3 Å². The third-order valence-corrected chi connectivity index (χ3v) is 8.83. The van der Waals surface area contributed by atoms with E-state index in [-0.39, 0.29) is 23.5 Å². The van der Waals surface area contributed by atoms with Crippen molar-refractivity contribution < 1.29 is 4.79 Å². The minimum absolute atomic E-state index is 0.189. The summed E-state index contributed by atoms with van der Waals surface area (Å²) in [4.78, 5) is 26.8. The van der Waals surface area contributed by atoms with Gasteiger partial charge < -0.3 is 25.8 Å². The predicted octanol–water partition coefficient (Wildman–Crippen LogP) is 4.19. The van der Waals surface area contributed by atoms with Crippen molar-refractivity contribution in [3.8, 4) is 0 Å². The maximum absolute atomic E-state index is 13.0. The van der Waals surface area contributed by atoms with E-state index in [9.17, 15) is 4.79 Å². The lowest BCUT2D eigenvalue weighted by molar-refractivity contribution is 0.0894. The molecule has 10 heteroatoms. The molecule has 0 radical (unpaired) electrons. The lowest BCUT2D eigenvalue weighted by Crippen LogP contribution is -2.50. The Kier molecular flexibility index (Phi) is 7.90. The van der Waals surface area contributed by atoms with Crippen LogP contribution in [0.5, 0.6) is 0 Å². The second kappa shape index (κ2) is 11.9. The lowest BCUT2D eigenvalue weighted by Gasteiger charge is -2.41. The van der Waals surface area contributed by atoms with Crippen LogP contribution in [0.1, 0.15) is 47.3 Å². The fourth-order valence-corrected chi connectivity index (χ4v) is 6.29. The average molecular weight is 566 g/mol. The molecule has 1 saturated heterocycles. The van der Waals surface area contributed by atoms with Gasteiger partial charge in [0.25, 0.3) is 5.91 Å². The molecule has 0 bridgehead atoms. The van der Waals surface area contributed by atoms with E-state index in [1.165, 1.54) is 6.33 Å². The van der Waals surface area contributed by atoms with Gasteiger partial charge >= 0.3 is 0 Å². The van der Waals surface area contributed by atoms with Gasteiger partial charge in [0.15, 0.2) is 0 Å². The molecular formula is C32H39N9O. The first-order valence-electron chi connectivity index (χ1n) is 14.7. The highest BCUT2D eigenvalue weighted by atomic mass is 16.1. The Morgan fingerprint density at radius 3 is 2.38 bits per heavy atom. The molecule has 0 unspecified atom stereocenters. The summed E-state index contributed by atoms with van der Waals surface area (Å²) in [6.45, 7) is 4.58. The van der Waals surface area contributed by atoms with Gasteiger partial charge in [0.05, 0.1) is 11.3 Å². The number of aromatic nitrogens is 3. The average Bonchev–Trinajstić information content (AvgIpc) is 3.35. The molecule has 2 aromatic carbocycles. The van der Waals surface area contributed by atoms with E-state index in [1.807, 2.05) is 54.1 Å². The maximum atomic E-state index is 13.0. The lowest BCUT2D eigenvalue weighted by atomic mass is 9.89. The zero-order chi connectivity index (χ0) is 29.2. The normalized spacial score (nSPS) is 20.0. The Labute approximate surface area is 246 Å². The van der Waals surface area contributed by atoms with Gasteiger partial charge in [-0.15, -0.1) is 0 Å². The van der Waals surface area contributed by atoms with Crippen LogP contribution in [0.2, 0.25) is 0 Å². The van der Waals surface area contributed by atoms with Crippen molar-refractivity contribution in [3.05, 3.63) is 77.7 Å². The summed E-state index contributed by atoms with van der Waals surface area (Å²) < 4.78 is 1.89. The van der Waals surface area contributed by atoms with Crippen molar-refractivity contribution in [2.45, 2.75) is 37.8 Å². The maximum Gasteiger partial charge on any atom is 0.272 e. The van der Waals surface area contributed by atoms with Crippen molar-refractivity contribution in [2.75, 3.05) is 49.6 Å². The van der Waals surface area contributed by atoms with Gasteiger partial charge in [-0.2, -0.15) is 0 Å². The van der Waals surface area contributed by atoms with Gasteiger partial charge in [0, 0.05) is 67.5 Å². The molecule has 3 heterocycles. The monoisotopic (exact) mass is 565 g/mol. The number of carbonyl (C=O) groups is 1. The number of carbonyl (C=O) groups excluding carboxylic acids is 1. The van der Waals surface area contributed by atoms with Crippen molar-refractivity contribution in [3.63, 3.8) is 0 Å². The molecule has 6 rings (SSSR count). The molecular weight excluding hydrogens is 526 g/mol. The van der Waals surface area contributed by atoms with Gasteiger partial charge in [-0.05, 0) is 57.0 Å². The molecule has 1 amide bonds. The highest BCUT2D eigenvalue weighted by Gasteiger charge is 2.28. The first-order chi connectivity index (χ1) is 20.4. The van der Waals surface area contributed by atoms with Crippen molar-refractivity contribution >= 4 is 39.8 Å². The third-order valence-electron chi connectivity index (χ3n) is 8.83. The molecule has 1 aliphatic heterocycles. The number of anilines is 3. The standard InChI is InChI=1S/C32H39N9O/c1-39-15-17-41(18-16-39)25-13-11-23(12-14-25)37-31-28(30(34)35-20-36-31)29(33)21-7-9-24(10-8-21)38-32(42)27-19-22-5-3-4-6-26(22)40(27)2/h3-10,19-20,23,25,33H,11-18H2,1-2H3,(H,38,42)(H3,34,35,36,37). The van der Waals surface area contributed by atoms with Crippen molar-refractivity contribution in [2.24, 2.45) is 7.05 Å². The number of nitrogens with two attached hydrogens (primary N) is 1. The van der Waals surface area contributed by atoms with Crippen LogP contribution < -0.4 is 16.4 Å². The first-order valence-corrected chi connectivity index (χ1v) is 14.7. The Morgan fingerprint density at radius 2 is 1.67 bits per heavy atom. The van der Waals surface area contributed by atoms with Crippen molar-refractivity contribution in [1.82, 2.24) is 24.3 Å². The molecule has 2 fully saturated rings. The van der Waals surface area contributed by atoms with E-state index in [4.69, 9.17) is 11.1 Å². The van der Waals surface area contributed by atoms with E-state index >= 15 is 0 Å². The number of benzene rings is 2. The summed E-state index contributed by atoms with van der Waals surface area (Å²) in [6, 6.07) is 18.0. The number of hydrogen-bond donors (Lipinski definition) is 4. The molecule has 2 aromatic heterocycles. The predicted molar refractivity (Wildman–Crippen MR) is 168 cm³/mol. The molecule has 10 nitrogen and oxygen atoms in total. The quantitative estimate of drug-likeness (QED) is 0.247. The van der Waals surface area contributed by atoms with E-state index in [0.717, 1.165) is 62.8 Å². The van der Waals surface area contributed by atoms with E-state index in [0.29, 0.717) is 34.4 Å². The zero-order valence-corrected chi connectivity index (χ0v) is 24.3. The number of piperazine rings is 1. The number of fused-ring (bicyclic) bond motifs is 1. The summed E-state index contributed by atoms with van der Waals surface area (Å²) in [5, 5.41) is 16.6. The minimum atomic E-state index is -0.189. The number of aryl methyl sites for hydroxylation is 1. The topological polar surface area (TPSA) is 128 Å². The highest BCUT2D eigenvalue weighted by Crippen LogP contribution is 2.29. The number of rotatable bonds is 7. The molecule has 218 valence electrons.